The Morgan fingerprint density at radius 2 is 1.81 bits per heavy atom. The number of benzene rings is 2. The summed E-state index contributed by atoms with van der Waals surface area (Å²) < 4.78 is 5.71. The van der Waals surface area contributed by atoms with E-state index in [4.69, 9.17) is 17.0 Å². The molecule has 0 aliphatic carbocycles. The Balaban J connectivity index is 1.89. The molecule has 2 aromatic carbocycles. The molecule has 0 fully saturated rings. The lowest BCUT2D eigenvalue weighted by Crippen LogP contribution is -2.40. The number of thiocarbonyl (C=S) groups is 1. The minimum atomic E-state index is -0.253. The van der Waals surface area contributed by atoms with Gasteiger partial charge < -0.3 is 10.1 Å². The maximum Gasteiger partial charge on any atom is 0.257 e. The average molecular weight is 371 g/mol. The number of nitrogens with one attached hydrogen (secondary N) is 2. The maximum absolute atomic E-state index is 12.4. The van der Waals surface area contributed by atoms with Crippen molar-refractivity contribution in [2.75, 3.05) is 6.61 Å². The van der Waals surface area contributed by atoms with Gasteiger partial charge in [-0.15, -0.1) is 0 Å². The monoisotopic (exact) mass is 370 g/mol. The summed E-state index contributed by atoms with van der Waals surface area (Å²) in [5, 5.41) is 6.15. The number of hydrogen-bond donors (Lipinski definition) is 2. The molecule has 138 valence electrons. The average Bonchev–Trinajstić information content (AvgIpc) is 2.62. The van der Waals surface area contributed by atoms with Crippen molar-refractivity contribution in [1.82, 2.24) is 10.6 Å². The third-order valence-corrected chi connectivity index (χ3v) is 4.15. The van der Waals surface area contributed by atoms with Crippen LogP contribution in [0.4, 0.5) is 0 Å². The molecule has 0 saturated carbocycles. The summed E-state index contributed by atoms with van der Waals surface area (Å²) in [5.41, 5.74) is 1.62. The Labute approximate surface area is 161 Å². The fraction of sp³-hybridized carbons (Fsp3) is 0.333. The van der Waals surface area contributed by atoms with Crippen molar-refractivity contribution < 1.29 is 9.53 Å². The van der Waals surface area contributed by atoms with E-state index >= 15 is 0 Å². The quantitative estimate of drug-likeness (QED) is 0.706. The van der Waals surface area contributed by atoms with Crippen LogP contribution in [0.5, 0.6) is 5.75 Å². The minimum absolute atomic E-state index is 0.00898. The molecular weight excluding hydrogens is 344 g/mol. The second-order valence-corrected chi connectivity index (χ2v) is 7.03. The van der Waals surface area contributed by atoms with Gasteiger partial charge in [0.05, 0.1) is 12.6 Å². The van der Waals surface area contributed by atoms with Gasteiger partial charge in [-0.1, -0.05) is 50.2 Å². The third-order valence-electron chi connectivity index (χ3n) is 3.93. The van der Waals surface area contributed by atoms with Crippen LogP contribution in [-0.4, -0.2) is 17.6 Å². The zero-order valence-corrected chi connectivity index (χ0v) is 16.3. The lowest BCUT2D eigenvalue weighted by Gasteiger charge is -2.17. The second kappa shape index (κ2) is 9.92. The topological polar surface area (TPSA) is 50.4 Å². The van der Waals surface area contributed by atoms with Crippen LogP contribution in [0.2, 0.25) is 0 Å². The van der Waals surface area contributed by atoms with Crippen molar-refractivity contribution in [3.8, 4) is 5.75 Å². The summed E-state index contributed by atoms with van der Waals surface area (Å²) in [4.78, 5) is 12.4. The van der Waals surface area contributed by atoms with Gasteiger partial charge in [0.25, 0.3) is 5.91 Å². The van der Waals surface area contributed by atoms with Crippen LogP contribution in [0.3, 0.4) is 0 Å². The van der Waals surface area contributed by atoms with Gasteiger partial charge in [-0.3, -0.25) is 10.1 Å². The molecular formula is C21H26N2O2S. The smallest absolute Gasteiger partial charge is 0.257 e. The lowest BCUT2D eigenvalue weighted by molar-refractivity contribution is 0.0976. The van der Waals surface area contributed by atoms with Crippen LogP contribution in [0.1, 0.15) is 49.2 Å². The standard InChI is InChI=1S/C21H26N2O2S/c1-15(2)12-13-25-19-11-7-10-18(14-19)20(24)23-21(26)22-16(3)17-8-5-4-6-9-17/h4-11,14-16H,12-13H2,1-3H3,(H2,22,23,24,26). The van der Waals surface area contributed by atoms with Gasteiger partial charge in [-0.05, 0) is 55.2 Å². The van der Waals surface area contributed by atoms with E-state index in [9.17, 15) is 4.79 Å². The second-order valence-electron chi connectivity index (χ2n) is 6.62. The van der Waals surface area contributed by atoms with E-state index < -0.39 is 0 Å². The molecule has 0 spiro atoms. The van der Waals surface area contributed by atoms with Gasteiger partial charge in [0, 0.05) is 5.56 Å². The van der Waals surface area contributed by atoms with Crippen molar-refractivity contribution in [2.24, 2.45) is 5.92 Å². The summed E-state index contributed by atoms with van der Waals surface area (Å²) in [6.07, 6.45) is 0.974. The van der Waals surface area contributed by atoms with Crippen molar-refractivity contribution in [2.45, 2.75) is 33.2 Å². The SMILES string of the molecule is CC(C)CCOc1cccc(C(=O)NC(=S)NC(C)c2ccccc2)c1. The number of carbonyl (C=O) groups excluding carboxylic acids is 1. The number of amides is 1. The fourth-order valence-corrected chi connectivity index (χ4v) is 2.64. The van der Waals surface area contributed by atoms with Crippen LogP contribution in [0, 0.1) is 5.92 Å². The predicted molar refractivity (Wildman–Crippen MR) is 109 cm³/mol. The maximum atomic E-state index is 12.4. The molecule has 0 aromatic heterocycles. The molecule has 0 radical (unpaired) electrons. The van der Waals surface area contributed by atoms with Gasteiger partial charge in [0.15, 0.2) is 5.11 Å². The van der Waals surface area contributed by atoms with Crippen molar-refractivity contribution in [3.63, 3.8) is 0 Å². The number of rotatable bonds is 7. The highest BCUT2D eigenvalue weighted by Crippen LogP contribution is 2.15. The van der Waals surface area contributed by atoms with E-state index in [1.54, 1.807) is 12.1 Å². The Morgan fingerprint density at radius 3 is 2.50 bits per heavy atom. The highest BCUT2D eigenvalue weighted by Gasteiger charge is 2.11. The van der Waals surface area contributed by atoms with Crippen LogP contribution >= 0.6 is 12.2 Å². The molecule has 0 heterocycles. The summed E-state index contributed by atoms with van der Waals surface area (Å²) in [5.74, 6) is 1.02. The molecule has 1 atom stereocenters. The molecule has 5 heteroatoms. The van der Waals surface area contributed by atoms with E-state index in [0.29, 0.717) is 29.0 Å². The normalized spacial score (nSPS) is 11.7. The van der Waals surface area contributed by atoms with Crippen LogP contribution in [0.25, 0.3) is 0 Å². The number of hydrogen-bond acceptors (Lipinski definition) is 3. The van der Waals surface area contributed by atoms with Gasteiger partial charge in [-0.25, -0.2) is 0 Å². The number of carbonyl (C=O) groups is 1. The van der Waals surface area contributed by atoms with Crippen LogP contribution < -0.4 is 15.4 Å². The molecule has 1 unspecified atom stereocenters. The molecule has 2 rings (SSSR count). The third kappa shape index (κ3) is 6.48. The highest BCUT2D eigenvalue weighted by atomic mass is 32.1. The van der Waals surface area contributed by atoms with Crippen LogP contribution in [0.15, 0.2) is 54.6 Å². The molecule has 0 bridgehead atoms. The van der Waals surface area contributed by atoms with E-state index in [1.807, 2.05) is 49.4 Å². The summed E-state index contributed by atoms with van der Waals surface area (Å²) in [7, 11) is 0. The van der Waals surface area contributed by atoms with E-state index in [-0.39, 0.29) is 11.9 Å². The Kier molecular flexibility index (Phi) is 7.60. The van der Waals surface area contributed by atoms with Crippen molar-refractivity contribution in [1.29, 1.82) is 0 Å². The molecule has 2 aromatic rings. The van der Waals surface area contributed by atoms with Gasteiger partial charge in [-0.2, -0.15) is 0 Å². The first-order valence-corrected chi connectivity index (χ1v) is 9.26. The number of ether oxygens (including phenoxy) is 1. The first kappa shape index (κ1) is 19.9. The molecule has 2 N–H and O–H groups in total. The highest BCUT2D eigenvalue weighted by molar-refractivity contribution is 7.80. The molecule has 1 amide bonds. The van der Waals surface area contributed by atoms with Gasteiger partial charge >= 0.3 is 0 Å². The van der Waals surface area contributed by atoms with Gasteiger partial charge in [0.1, 0.15) is 5.75 Å². The molecule has 0 aliphatic heterocycles. The van der Waals surface area contributed by atoms with Crippen molar-refractivity contribution in [3.05, 3.63) is 65.7 Å². The zero-order chi connectivity index (χ0) is 18.9. The van der Waals surface area contributed by atoms with Gasteiger partial charge in [0.2, 0.25) is 0 Å². The first-order chi connectivity index (χ1) is 12.5. The summed E-state index contributed by atoms with van der Waals surface area (Å²) in [6.45, 7) is 6.93. The molecule has 26 heavy (non-hydrogen) atoms. The molecule has 0 saturated heterocycles. The largest absolute Gasteiger partial charge is 0.494 e. The molecule has 0 aliphatic rings. The van der Waals surface area contributed by atoms with E-state index in [1.165, 1.54) is 0 Å². The van der Waals surface area contributed by atoms with E-state index in [2.05, 4.69) is 24.5 Å². The zero-order valence-electron chi connectivity index (χ0n) is 15.5. The summed E-state index contributed by atoms with van der Waals surface area (Å²) >= 11 is 5.26. The van der Waals surface area contributed by atoms with Crippen molar-refractivity contribution >= 4 is 23.2 Å². The summed E-state index contributed by atoms with van der Waals surface area (Å²) in [6, 6.07) is 17.1. The minimum Gasteiger partial charge on any atom is -0.494 e. The van der Waals surface area contributed by atoms with E-state index in [0.717, 1.165) is 12.0 Å². The predicted octanol–water partition coefficient (Wildman–Crippen LogP) is 4.48. The first-order valence-electron chi connectivity index (χ1n) is 8.85. The molecule has 4 nitrogen and oxygen atoms in total. The Morgan fingerprint density at radius 1 is 1.08 bits per heavy atom. The fourth-order valence-electron chi connectivity index (χ4n) is 2.37. The Hall–Kier alpha value is -2.40. The lowest BCUT2D eigenvalue weighted by atomic mass is 10.1. The Bertz CT molecular complexity index is 732. The van der Waals surface area contributed by atoms with Crippen LogP contribution in [-0.2, 0) is 0 Å².